The van der Waals surface area contributed by atoms with E-state index in [1.807, 2.05) is 24.4 Å². The Bertz CT molecular complexity index is 516. The van der Waals surface area contributed by atoms with Gasteiger partial charge in [0.1, 0.15) is 0 Å². The molecule has 0 atom stereocenters. The van der Waals surface area contributed by atoms with E-state index in [1.54, 1.807) is 30.3 Å². The fourth-order valence-corrected chi connectivity index (χ4v) is 2.21. The van der Waals surface area contributed by atoms with Crippen molar-refractivity contribution in [2.45, 2.75) is 6.92 Å². The molecule has 3 nitrogen and oxygen atoms in total. The minimum atomic E-state index is 0.00954. The quantitative estimate of drug-likeness (QED) is 0.739. The third kappa shape index (κ3) is 1.72. The number of hydrogen-bond acceptors (Lipinski definition) is 3. The van der Waals surface area contributed by atoms with E-state index < -0.39 is 0 Å². The van der Waals surface area contributed by atoms with E-state index in [1.165, 1.54) is 0 Å². The van der Waals surface area contributed by atoms with Gasteiger partial charge in [-0.2, -0.15) is 0 Å². The van der Waals surface area contributed by atoms with E-state index >= 15 is 0 Å². The Labute approximate surface area is 92.4 Å². The first-order valence-electron chi connectivity index (χ1n) is 4.66. The maximum absolute atomic E-state index is 11.8. The number of aryl methyl sites for hydroxylation is 1. The number of rotatable bonds is 1. The molecule has 2 aromatic heterocycles. The summed E-state index contributed by atoms with van der Waals surface area (Å²) in [5.74, 6) is 0.00954. The number of amides is 1. The minimum Gasteiger partial charge on any atom is -0.345 e. The molecular formula is C11H12N2OS. The van der Waals surface area contributed by atoms with Crippen molar-refractivity contribution >= 4 is 27.5 Å². The predicted octanol–water partition coefficient (Wildman–Crippen LogP) is 2.31. The maximum Gasteiger partial charge on any atom is 0.255 e. The second kappa shape index (κ2) is 3.62. The maximum atomic E-state index is 11.8. The fourth-order valence-electron chi connectivity index (χ4n) is 1.45. The summed E-state index contributed by atoms with van der Waals surface area (Å²) >= 11 is 1.61. The molecule has 0 spiro atoms. The molecule has 0 bridgehead atoms. The van der Waals surface area contributed by atoms with Crippen molar-refractivity contribution in [3.8, 4) is 0 Å². The summed E-state index contributed by atoms with van der Waals surface area (Å²) in [5, 5.41) is 1.99. The summed E-state index contributed by atoms with van der Waals surface area (Å²) in [6, 6.07) is 3.89. The highest BCUT2D eigenvalue weighted by molar-refractivity contribution is 7.17. The molecular weight excluding hydrogens is 208 g/mol. The molecule has 0 saturated heterocycles. The van der Waals surface area contributed by atoms with Crippen LogP contribution in [-0.2, 0) is 0 Å². The molecule has 0 aromatic carbocycles. The third-order valence-electron chi connectivity index (χ3n) is 2.26. The van der Waals surface area contributed by atoms with Gasteiger partial charge in [-0.05, 0) is 24.4 Å². The zero-order valence-electron chi connectivity index (χ0n) is 8.94. The summed E-state index contributed by atoms with van der Waals surface area (Å²) in [6.07, 6.45) is 0. The van der Waals surface area contributed by atoms with Gasteiger partial charge in [0.2, 0.25) is 0 Å². The van der Waals surface area contributed by atoms with E-state index in [-0.39, 0.29) is 5.91 Å². The van der Waals surface area contributed by atoms with Gasteiger partial charge in [0, 0.05) is 14.1 Å². The molecule has 0 unspecified atom stereocenters. The summed E-state index contributed by atoms with van der Waals surface area (Å²) in [7, 11) is 3.50. The standard InChI is InChI=1S/C11H12N2OS/c1-7-8(11(14)13(2)3)6-10-9(12-7)4-5-15-10/h4-6H,1-3H3. The lowest BCUT2D eigenvalue weighted by atomic mass is 10.2. The van der Waals surface area contributed by atoms with E-state index in [0.29, 0.717) is 5.56 Å². The van der Waals surface area contributed by atoms with Crippen LogP contribution in [0.3, 0.4) is 0 Å². The smallest absolute Gasteiger partial charge is 0.255 e. The average molecular weight is 220 g/mol. The van der Waals surface area contributed by atoms with Gasteiger partial charge in [-0.25, -0.2) is 0 Å². The number of nitrogens with zero attached hydrogens (tertiary/aromatic N) is 2. The van der Waals surface area contributed by atoms with Gasteiger partial charge in [-0.15, -0.1) is 11.3 Å². The van der Waals surface area contributed by atoms with Crippen molar-refractivity contribution < 1.29 is 4.79 Å². The molecule has 0 aliphatic heterocycles. The molecule has 0 aliphatic carbocycles. The Balaban J connectivity index is 2.60. The second-order valence-electron chi connectivity index (χ2n) is 3.62. The number of fused-ring (bicyclic) bond motifs is 1. The normalized spacial score (nSPS) is 10.6. The number of pyridine rings is 1. The van der Waals surface area contributed by atoms with Crippen molar-refractivity contribution in [1.29, 1.82) is 0 Å². The van der Waals surface area contributed by atoms with Crippen LogP contribution in [0.2, 0.25) is 0 Å². The highest BCUT2D eigenvalue weighted by Gasteiger charge is 2.13. The third-order valence-corrected chi connectivity index (χ3v) is 3.12. The zero-order valence-corrected chi connectivity index (χ0v) is 9.76. The number of thiophene rings is 1. The SMILES string of the molecule is Cc1nc2ccsc2cc1C(=O)N(C)C. The summed E-state index contributed by atoms with van der Waals surface area (Å²) < 4.78 is 1.06. The number of hydrogen-bond donors (Lipinski definition) is 0. The van der Waals surface area contributed by atoms with Crippen LogP contribution in [0.15, 0.2) is 17.5 Å². The Kier molecular flexibility index (Phi) is 2.44. The molecule has 0 N–H and O–H groups in total. The molecule has 0 saturated carbocycles. The lowest BCUT2D eigenvalue weighted by Crippen LogP contribution is -2.22. The van der Waals surface area contributed by atoms with Gasteiger partial charge >= 0.3 is 0 Å². The van der Waals surface area contributed by atoms with Crippen molar-refractivity contribution in [3.05, 3.63) is 28.8 Å². The molecule has 0 aliphatic rings. The zero-order chi connectivity index (χ0) is 11.0. The van der Waals surface area contributed by atoms with E-state index in [9.17, 15) is 4.79 Å². The van der Waals surface area contributed by atoms with Gasteiger partial charge in [-0.3, -0.25) is 9.78 Å². The molecule has 0 radical (unpaired) electrons. The van der Waals surface area contributed by atoms with Crippen molar-refractivity contribution in [1.82, 2.24) is 9.88 Å². The van der Waals surface area contributed by atoms with Crippen LogP contribution >= 0.6 is 11.3 Å². The van der Waals surface area contributed by atoms with Crippen LogP contribution in [0.1, 0.15) is 16.1 Å². The van der Waals surface area contributed by atoms with Crippen LogP contribution in [0.25, 0.3) is 10.2 Å². The Morgan fingerprint density at radius 2 is 2.20 bits per heavy atom. The summed E-state index contributed by atoms with van der Waals surface area (Å²) in [6.45, 7) is 1.87. The number of carbonyl (C=O) groups is 1. The van der Waals surface area contributed by atoms with Gasteiger partial charge in [0.25, 0.3) is 5.91 Å². The van der Waals surface area contributed by atoms with Gasteiger partial charge in [0.15, 0.2) is 0 Å². The fraction of sp³-hybridized carbons (Fsp3) is 0.273. The first-order valence-corrected chi connectivity index (χ1v) is 5.54. The van der Waals surface area contributed by atoms with Crippen LogP contribution in [0.4, 0.5) is 0 Å². The molecule has 2 heterocycles. The minimum absolute atomic E-state index is 0.00954. The largest absolute Gasteiger partial charge is 0.345 e. The van der Waals surface area contributed by atoms with Crippen molar-refractivity contribution in [2.24, 2.45) is 0 Å². The van der Waals surface area contributed by atoms with E-state index in [4.69, 9.17) is 0 Å². The van der Waals surface area contributed by atoms with Crippen LogP contribution in [0, 0.1) is 6.92 Å². The van der Waals surface area contributed by atoms with E-state index in [0.717, 1.165) is 15.9 Å². The highest BCUT2D eigenvalue weighted by atomic mass is 32.1. The van der Waals surface area contributed by atoms with Gasteiger partial charge in [-0.1, -0.05) is 0 Å². The molecule has 78 valence electrons. The Hall–Kier alpha value is -1.42. The van der Waals surface area contributed by atoms with Crippen LogP contribution < -0.4 is 0 Å². The Morgan fingerprint density at radius 1 is 1.47 bits per heavy atom. The highest BCUT2D eigenvalue weighted by Crippen LogP contribution is 2.22. The average Bonchev–Trinajstić information content (AvgIpc) is 2.62. The van der Waals surface area contributed by atoms with Crippen LogP contribution in [0.5, 0.6) is 0 Å². The molecule has 2 rings (SSSR count). The van der Waals surface area contributed by atoms with Crippen LogP contribution in [-0.4, -0.2) is 29.9 Å². The number of aromatic nitrogens is 1. The number of carbonyl (C=O) groups excluding carboxylic acids is 1. The van der Waals surface area contributed by atoms with Crippen molar-refractivity contribution in [3.63, 3.8) is 0 Å². The molecule has 1 amide bonds. The lowest BCUT2D eigenvalue weighted by Gasteiger charge is -2.11. The molecule has 2 aromatic rings. The summed E-state index contributed by atoms with van der Waals surface area (Å²) in [4.78, 5) is 17.8. The molecule has 15 heavy (non-hydrogen) atoms. The predicted molar refractivity (Wildman–Crippen MR) is 62.4 cm³/mol. The monoisotopic (exact) mass is 220 g/mol. The van der Waals surface area contributed by atoms with E-state index in [2.05, 4.69) is 4.98 Å². The molecule has 0 fully saturated rings. The topological polar surface area (TPSA) is 33.2 Å². The molecule has 4 heteroatoms. The summed E-state index contributed by atoms with van der Waals surface area (Å²) in [5.41, 5.74) is 2.45. The first-order chi connectivity index (χ1) is 7.09. The van der Waals surface area contributed by atoms with Gasteiger partial charge < -0.3 is 4.90 Å². The Morgan fingerprint density at radius 3 is 2.87 bits per heavy atom. The lowest BCUT2D eigenvalue weighted by molar-refractivity contribution is 0.0826. The first kappa shape index (κ1) is 10.1. The second-order valence-corrected chi connectivity index (χ2v) is 4.57. The van der Waals surface area contributed by atoms with Crippen molar-refractivity contribution in [2.75, 3.05) is 14.1 Å². The van der Waals surface area contributed by atoms with Gasteiger partial charge in [0.05, 0.1) is 21.5 Å².